The Morgan fingerprint density at radius 1 is 1.00 bits per heavy atom. The summed E-state index contributed by atoms with van der Waals surface area (Å²) in [7, 11) is 0. The van der Waals surface area contributed by atoms with Gasteiger partial charge in [-0.25, -0.2) is 9.97 Å². The van der Waals surface area contributed by atoms with Crippen LogP contribution in [0.5, 0.6) is 11.5 Å². The Hall–Kier alpha value is -3.20. The van der Waals surface area contributed by atoms with E-state index < -0.39 is 11.9 Å². The molecule has 3 heterocycles. The molecule has 3 aromatic rings. The van der Waals surface area contributed by atoms with Gasteiger partial charge < -0.3 is 10.1 Å². The standard InChI is InChI=1S/C13H11F3N2O.C6H5ClN2O/c1-8-5-11(6-9(2)18-8)19-10-3-4-12(17-7-10)13(14,15)16;7-5-1-2-6(8-3-5)9-4-10/h3-7H,1-2H3;1-4H,(H,8,9,10). The summed E-state index contributed by atoms with van der Waals surface area (Å²) in [6.45, 7) is 3.62. The van der Waals surface area contributed by atoms with Crippen LogP contribution >= 0.6 is 11.6 Å². The number of nitrogens with one attached hydrogen (secondary N) is 1. The number of ether oxygens (including phenoxy) is 1. The predicted octanol–water partition coefficient (Wildman–Crippen LogP) is 5.21. The first-order chi connectivity index (χ1) is 13.7. The summed E-state index contributed by atoms with van der Waals surface area (Å²) in [6.07, 6.45) is -1.36. The maximum absolute atomic E-state index is 12.3. The van der Waals surface area contributed by atoms with Gasteiger partial charge in [-0.3, -0.25) is 9.78 Å². The summed E-state index contributed by atoms with van der Waals surface area (Å²) in [5.74, 6) is 1.27. The van der Waals surface area contributed by atoms with Crippen molar-refractivity contribution in [1.29, 1.82) is 0 Å². The van der Waals surface area contributed by atoms with E-state index in [0.717, 1.165) is 23.7 Å². The Labute approximate surface area is 169 Å². The third-order valence-electron chi connectivity index (χ3n) is 3.25. The smallest absolute Gasteiger partial charge is 0.433 e. The highest BCUT2D eigenvalue weighted by atomic mass is 35.5. The molecule has 0 aliphatic rings. The molecule has 10 heteroatoms. The first-order valence-corrected chi connectivity index (χ1v) is 8.53. The number of halogens is 4. The molecule has 3 rings (SSSR count). The molecule has 152 valence electrons. The largest absolute Gasteiger partial charge is 0.456 e. The molecule has 0 radical (unpaired) electrons. The van der Waals surface area contributed by atoms with Crippen molar-refractivity contribution in [2.45, 2.75) is 20.0 Å². The molecule has 0 spiro atoms. The van der Waals surface area contributed by atoms with Crippen LogP contribution in [0, 0.1) is 13.8 Å². The number of rotatable bonds is 4. The van der Waals surface area contributed by atoms with E-state index in [1.807, 2.05) is 13.8 Å². The predicted molar refractivity (Wildman–Crippen MR) is 102 cm³/mol. The number of pyridine rings is 3. The lowest BCUT2D eigenvalue weighted by atomic mass is 10.3. The maximum atomic E-state index is 12.3. The van der Waals surface area contributed by atoms with Gasteiger partial charge in [0.15, 0.2) is 0 Å². The van der Waals surface area contributed by atoms with Gasteiger partial charge >= 0.3 is 6.18 Å². The van der Waals surface area contributed by atoms with Crippen LogP contribution in [0.2, 0.25) is 5.02 Å². The van der Waals surface area contributed by atoms with Crippen LogP contribution in [0.25, 0.3) is 0 Å². The van der Waals surface area contributed by atoms with E-state index in [9.17, 15) is 18.0 Å². The van der Waals surface area contributed by atoms with Crippen molar-refractivity contribution in [3.8, 4) is 11.5 Å². The van der Waals surface area contributed by atoms with Crippen LogP contribution in [-0.4, -0.2) is 21.4 Å². The third-order valence-corrected chi connectivity index (χ3v) is 3.48. The van der Waals surface area contributed by atoms with Gasteiger partial charge in [0.1, 0.15) is 23.0 Å². The first kappa shape index (κ1) is 22.1. The van der Waals surface area contributed by atoms with Gasteiger partial charge in [0.05, 0.1) is 11.2 Å². The van der Waals surface area contributed by atoms with E-state index >= 15 is 0 Å². The Kier molecular flexibility index (Phi) is 7.49. The molecule has 3 aromatic heterocycles. The maximum Gasteiger partial charge on any atom is 0.433 e. The number of hydrogen-bond acceptors (Lipinski definition) is 5. The van der Waals surface area contributed by atoms with Crippen LogP contribution in [0.15, 0.2) is 48.8 Å². The molecule has 0 aliphatic heterocycles. The molecule has 0 unspecified atom stereocenters. The SMILES string of the molecule is Cc1cc(Oc2ccc(C(F)(F)F)nc2)cc(C)n1.O=CNc1ccc(Cl)cn1. The molecule has 0 atom stereocenters. The molecular weight excluding hydrogens is 409 g/mol. The highest BCUT2D eigenvalue weighted by molar-refractivity contribution is 6.30. The summed E-state index contributed by atoms with van der Waals surface area (Å²) in [5.41, 5.74) is 0.603. The summed E-state index contributed by atoms with van der Waals surface area (Å²) in [4.78, 5) is 21.2. The molecule has 0 aromatic carbocycles. The van der Waals surface area contributed by atoms with Gasteiger partial charge in [0, 0.05) is 29.7 Å². The lowest BCUT2D eigenvalue weighted by molar-refractivity contribution is -0.141. The van der Waals surface area contributed by atoms with Crippen molar-refractivity contribution in [2.24, 2.45) is 0 Å². The number of carbonyl (C=O) groups excluding carboxylic acids is 1. The number of carbonyl (C=O) groups is 1. The lowest BCUT2D eigenvalue weighted by Crippen LogP contribution is -2.07. The monoisotopic (exact) mass is 424 g/mol. The molecule has 0 fully saturated rings. The van der Waals surface area contributed by atoms with E-state index in [-0.39, 0.29) is 5.75 Å². The van der Waals surface area contributed by atoms with E-state index in [1.54, 1.807) is 24.3 Å². The second-order valence-corrected chi connectivity index (χ2v) is 6.12. The lowest BCUT2D eigenvalue weighted by Gasteiger charge is -2.09. The van der Waals surface area contributed by atoms with Crippen molar-refractivity contribution in [2.75, 3.05) is 5.32 Å². The van der Waals surface area contributed by atoms with E-state index in [0.29, 0.717) is 23.0 Å². The zero-order valence-electron chi connectivity index (χ0n) is 15.4. The minimum absolute atomic E-state index is 0.248. The van der Waals surface area contributed by atoms with Gasteiger partial charge in [0.2, 0.25) is 6.41 Å². The van der Waals surface area contributed by atoms with Crippen molar-refractivity contribution in [1.82, 2.24) is 15.0 Å². The zero-order chi connectivity index (χ0) is 21.4. The van der Waals surface area contributed by atoms with Gasteiger partial charge in [-0.1, -0.05) is 11.6 Å². The van der Waals surface area contributed by atoms with E-state index in [4.69, 9.17) is 16.3 Å². The minimum atomic E-state index is -4.44. The Bertz CT molecular complexity index is 929. The van der Waals surface area contributed by atoms with Gasteiger partial charge in [-0.15, -0.1) is 0 Å². The quantitative estimate of drug-likeness (QED) is 0.582. The number of aromatic nitrogens is 3. The van der Waals surface area contributed by atoms with Crippen LogP contribution in [-0.2, 0) is 11.0 Å². The summed E-state index contributed by atoms with van der Waals surface area (Å²) >= 11 is 5.53. The van der Waals surface area contributed by atoms with Crippen molar-refractivity contribution < 1.29 is 22.7 Å². The molecule has 29 heavy (non-hydrogen) atoms. The molecule has 0 saturated carbocycles. The second kappa shape index (κ2) is 9.83. The number of alkyl halides is 3. The fourth-order valence-corrected chi connectivity index (χ4v) is 2.23. The number of anilines is 1. The Morgan fingerprint density at radius 2 is 1.69 bits per heavy atom. The van der Waals surface area contributed by atoms with E-state index in [2.05, 4.69) is 20.3 Å². The summed E-state index contributed by atoms with van der Waals surface area (Å²) in [5, 5.41) is 2.94. The summed E-state index contributed by atoms with van der Waals surface area (Å²) < 4.78 is 42.5. The first-order valence-electron chi connectivity index (χ1n) is 8.15. The Morgan fingerprint density at radius 3 is 2.17 bits per heavy atom. The molecule has 0 saturated heterocycles. The van der Waals surface area contributed by atoms with Gasteiger partial charge in [0.25, 0.3) is 0 Å². The normalized spacial score (nSPS) is 10.6. The topological polar surface area (TPSA) is 77.0 Å². The van der Waals surface area contributed by atoms with Crippen LogP contribution in [0.1, 0.15) is 17.1 Å². The summed E-state index contributed by atoms with van der Waals surface area (Å²) in [6, 6.07) is 8.80. The van der Waals surface area contributed by atoms with Crippen molar-refractivity contribution in [3.63, 3.8) is 0 Å². The highest BCUT2D eigenvalue weighted by Gasteiger charge is 2.32. The van der Waals surface area contributed by atoms with Crippen molar-refractivity contribution >= 4 is 23.8 Å². The molecule has 1 amide bonds. The highest BCUT2D eigenvalue weighted by Crippen LogP contribution is 2.29. The van der Waals surface area contributed by atoms with Crippen LogP contribution in [0.4, 0.5) is 19.0 Å². The fraction of sp³-hybridized carbons (Fsp3) is 0.158. The van der Waals surface area contributed by atoms with Crippen LogP contribution in [0.3, 0.4) is 0 Å². The van der Waals surface area contributed by atoms with Crippen molar-refractivity contribution in [3.05, 3.63) is 70.9 Å². The zero-order valence-corrected chi connectivity index (χ0v) is 16.1. The van der Waals surface area contributed by atoms with Crippen LogP contribution < -0.4 is 10.1 Å². The second-order valence-electron chi connectivity index (χ2n) is 5.69. The fourth-order valence-electron chi connectivity index (χ4n) is 2.12. The van der Waals surface area contributed by atoms with E-state index in [1.165, 1.54) is 12.3 Å². The molecular formula is C19H16ClF3N4O2. The number of amides is 1. The molecule has 1 N–H and O–H groups in total. The Balaban J connectivity index is 0.000000253. The van der Waals surface area contributed by atoms with Gasteiger partial charge in [-0.05, 0) is 38.1 Å². The minimum Gasteiger partial charge on any atom is -0.456 e. The average molecular weight is 425 g/mol. The number of nitrogens with zero attached hydrogens (tertiary/aromatic N) is 3. The average Bonchev–Trinajstić information content (AvgIpc) is 2.63. The molecule has 0 bridgehead atoms. The van der Waals surface area contributed by atoms with Gasteiger partial charge in [-0.2, -0.15) is 13.2 Å². The molecule has 0 aliphatic carbocycles. The molecule has 6 nitrogen and oxygen atoms in total. The third kappa shape index (κ3) is 7.38. The number of aryl methyl sites for hydroxylation is 2. The number of hydrogen-bond donors (Lipinski definition) is 1.